The first-order valence-corrected chi connectivity index (χ1v) is 5.13. The first kappa shape index (κ1) is 10.9. The molecule has 1 rings (SSSR count). The molecule has 0 saturated heterocycles. The van der Waals surface area contributed by atoms with Crippen molar-refractivity contribution in [2.24, 2.45) is 5.92 Å². The van der Waals surface area contributed by atoms with Gasteiger partial charge in [-0.3, -0.25) is 0 Å². The average Bonchev–Trinajstić information content (AvgIpc) is 2.11. The predicted octanol–water partition coefficient (Wildman–Crippen LogP) is 3.03. The Labute approximate surface area is 86.5 Å². The van der Waals surface area contributed by atoms with Crippen molar-refractivity contribution in [1.29, 1.82) is 0 Å². The number of hydrogen-bond donors (Lipinski definition) is 2. The van der Waals surface area contributed by atoms with E-state index < -0.39 is 0 Å². The lowest BCUT2D eigenvalue weighted by molar-refractivity contribution is 0.560. The van der Waals surface area contributed by atoms with E-state index in [0.29, 0.717) is 12.0 Å². The number of benzene rings is 1. The fourth-order valence-corrected chi connectivity index (χ4v) is 1.21. The van der Waals surface area contributed by atoms with E-state index in [1.807, 2.05) is 18.2 Å². The molecule has 2 heteroatoms. The average molecular weight is 192 g/mol. The Kier molecular flexibility index (Phi) is 3.39. The van der Waals surface area contributed by atoms with Crippen LogP contribution in [0.5, 0.6) is 0 Å². The SMILES string of the molecule is Cc1ccc(N)cc1NC(C)C(C)C. The van der Waals surface area contributed by atoms with E-state index in [2.05, 4.69) is 33.0 Å². The largest absolute Gasteiger partial charge is 0.399 e. The number of aryl methyl sites for hydroxylation is 1. The molecule has 0 aliphatic carbocycles. The van der Waals surface area contributed by atoms with Gasteiger partial charge in [0.25, 0.3) is 0 Å². The van der Waals surface area contributed by atoms with Crippen LogP contribution in [-0.2, 0) is 0 Å². The fourth-order valence-electron chi connectivity index (χ4n) is 1.21. The molecule has 1 aromatic rings. The highest BCUT2D eigenvalue weighted by Gasteiger charge is 2.07. The summed E-state index contributed by atoms with van der Waals surface area (Å²) in [5.74, 6) is 0.621. The second-order valence-corrected chi connectivity index (χ2v) is 4.25. The van der Waals surface area contributed by atoms with Gasteiger partial charge in [0.2, 0.25) is 0 Å². The molecule has 0 bridgehead atoms. The molecule has 0 fully saturated rings. The van der Waals surface area contributed by atoms with Crippen LogP contribution in [0.25, 0.3) is 0 Å². The third-order valence-electron chi connectivity index (χ3n) is 2.64. The topological polar surface area (TPSA) is 38.0 Å². The summed E-state index contributed by atoms with van der Waals surface area (Å²) in [6.45, 7) is 8.70. The second kappa shape index (κ2) is 4.36. The molecule has 0 aliphatic heterocycles. The van der Waals surface area contributed by atoms with Crippen molar-refractivity contribution in [3.8, 4) is 0 Å². The molecule has 0 aliphatic rings. The maximum atomic E-state index is 5.74. The number of rotatable bonds is 3. The summed E-state index contributed by atoms with van der Waals surface area (Å²) in [7, 11) is 0. The Morgan fingerprint density at radius 3 is 2.43 bits per heavy atom. The van der Waals surface area contributed by atoms with Crippen LogP contribution in [0.15, 0.2) is 18.2 Å². The zero-order valence-corrected chi connectivity index (χ0v) is 9.46. The third kappa shape index (κ3) is 2.66. The van der Waals surface area contributed by atoms with Crippen molar-refractivity contribution in [3.05, 3.63) is 23.8 Å². The van der Waals surface area contributed by atoms with E-state index in [4.69, 9.17) is 5.73 Å². The Morgan fingerprint density at radius 1 is 1.21 bits per heavy atom. The molecule has 0 aromatic heterocycles. The van der Waals surface area contributed by atoms with Crippen molar-refractivity contribution in [2.45, 2.75) is 33.7 Å². The van der Waals surface area contributed by atoms with Crippen LogP contribution in [0, 0.1) is 12.8 Å². The molecule has 0 radical (unpaired) electrons. The zero-order chi connectivity index (χ0) is 10.7. The van der Waals surface area contributed by atoms with Gasteiger partial charge in [0.15, 0.2) is 0 Å². The molecule has 2 nitrogen and oxygen atoms in total. The highest BCUT2D eigenvalue weighted by molar-refractivity contribution is 5.59. The van der Waals surface area contributed by atoms with Gasteiger partial charge in [-0.15, -0.1) is 0 Å². The number of anilines is 2. The maximum Gasteiger partial charge on any atom is 0.0392 e. The summed E-state index contributed by atoms with van der Waals surface area (Å²) < 4.78 is 0. The highest BCUT2D eigenvalue weighted by atomic mass is 14.9. The van der Waals surface area contributed by atoms with E-state index in [1.165, 1.54) is 5.56 Å². The van der Waals surface area contributed by atoms with Crippen LogP contribution in [-0.4, -0.2) is 6.04 Å². The van der Waals surface area contributed by atoms with E-state index in [0.717, 1.165) is 11.4 Å². The summed E-state index contributed by atoms with van der Waals surface area (Å²) in [5.41, 5.74) is 8.94. The minimum atomic E-state index is 0.468. The van der Waals surface area contributed by atoms with Crippen molar-refractivity contribution in [1.82, 2.24) is 0 Å². The molecule has 3 N–H and O–H groups in total. The van der Waals surface area contributed by atoms with Crippen molar-refractivity contribution in [3.63, 3.8) is 0 Å². The summed E-state index contributed by atoms with van der Waals surface area (Å²) in [5, 5.41) is 3.47. The Morgan fingerprint density at radius 2 is 1.86 bits per heavy atom. The molecule has 14 heavy (non-hydrogen) atoms. The van der Waals surface area contributed by atoms with Gasteiger partial charge in [0.05, 0.1) is 0 Å². The summed E-state index contributed by atoms with van der Waals surface area (Å²) in [4.78, 5) is 0. The maximum absolute atomic E-state index is 5.74. The minimum absolute atomic E-state index is 0.468. The lowest BCUT2D eigenvalue weighted by Crippen LogP contribution is -2.21. The number of nitrogens with two attached hydrogens (primary N) is 1. The monoisotopic (exact) mass is 192 g/mol. The lowest BCUT2D eigenvalue weighted by atomic mass is 10.1. The standard InChI is InChI=1S/C12H20N2/c1-8(2)10(4)14-12-7-11(13)6-5-9(12)3/h5-8,10,14H,13H2,1-4H3. The van der Waals surface area contributed by atoms with Crippen molar-refractivity contribution in [2.75, 3.05) is 11.1 Å². The van der Waals surface area contributed by atoms with Gasteiger partial charge in [-0.1, -0.05) is 19.9 Å². The fraction of sp³-hybridized carbons (Fsp3) is 0.500. The molecular weight excluding hydrogens is 172 g/mol. The van der Waals surface area contributed by atoms with Gasteiger partial charge in [-0.2, -0.15) is 0 Å². The number of hydrogen-bond acceptors (Lipinski definition) is 2. The van der Waals surface area contributed by atoms with Crippen molar-refractivity contribution < 1.29 is 0 Å². The normalized spacial score (nSPS) is 12.9. The lowest BCUT2D eigenvalue weighted by Gasteiger charge is -2.20. The van der Waals surface area contributed by atoms with Crippen LogP contribution >= 0.6 is 0 Å². The van der Waals surface area contributed by atoms with Crippen molar-refractivity contribution >= 4 is 11.4 Å². The predicted molar refractivity (Wildman–Crippen MR) is 63.5 cm³/mol. The molecule has 0 heterocycles. The smallest absolute Gasteiger partial charge is 0.0392 e. The quantitative estimate of drug-likeness (QED) is 0.722. The second-order valence-electron chi connectivity index (χ2n) is 4.25. The van der Waals surface area contributed by atoms with Gasteiger partial charge >= 0.3 is 0 Å². The molecule has 1 unspecified atom stereocenters. The molecule has 78 valence electrons. The van der Waals surface area contributed by atoms with Gasteiger partial charge in [-0.25, -0.2) is 0 Å². The summed E-state index contributed by atoms with van der Waals surface area (Å²) >= 11 is 0. The van der Waals surface area contributed by atoms with Crippen LogP contribution in [0.2, 0.25) is 0 Å². The molecular formula is C12H20N2. The van der Waals surface area contributed by atoms with E-state index in [9.17, 15) is 0 Å². The van der Waals surface area contributed by atoms with Gasteiger partial charge in [-0.05, 0) is 37.5 Å². The van der Waals surface area contributed by atoms with Gasteiger partial charge in [0.1, 0.15) is 0 Å². The minimum Gasteiger partial charge on any atom is -0.399 e. The van der Waals surface area contributed by atoms with Gasteiger partial charge < -0.3 is 11.1 Å². The Hall–Kier alpha value is -1.18. The summed E-state index contributed by atoms with van der Waals surface area (Å²) in [6.07, 6.45) is 0. The molecule has 0 saturated carbocycles. The highest BCUT2D eigenvalue weighted by Crippen LogP contribution is 2.20. The first-order valence-electron chi connectivity index (χ1n) is 5.13. The number of nitrogens with one attached hydrogen (secondary N) is 1. The van der Waals surface area contributed by atoms with Crippen LogP contribution in [0.4, 0.5) is 11.4 Å². The van der Waals surface area contributed by atoms with Crippen LogP contribution < -0.4 is 11.1 Å². The molecule has 0 spiro atoms. The first-order chi connectivity index (χ1) is 6.50. The van der Waals surface area contributed by atoms with E-state index in [-0.39, 0.29) is 0 Å². The Bertz CT molecular complexity index is 305. The number of nitrogen functional groups attached to an aromatic ring is 1. The zero-order valence-electron chi connectivity index (χ0n) is 9.46. The molecule has 1 aromatic carbocycles. The third-order valence-corrected chi connectivity index (χ3v) is 2.64. The van der Waals surface area contributed by atoms with Gasteiger partial charge in [0, 0.05) is 17.4 Å². The van der Waals surface area contributed by atoms with E-state index in [1.54, 1.807) is 0 Å². The van der Waals surface area contributed by atoms with Crippen LogP contribution in [0.1, 0.15) is 26.3 Å². The summed E-state index contributed by atoms with van der Waals surface area (Å²) in [6, 6.07) is 6.44. The Balaban J connectivity index is 2.80. The van der Waals surface area contributed by atoms with Crippen LogP contribution in [0.3, 0.4) is 0 Å². The molecule has 0 amide bonds. The van der Waals surface area contributed by atoms with E-state index >= 15 is 0 Å². The molecule has 1 atom stereocenters.